The number of hydrogen-bond acceptors (Lipinski definition) is 5. The normalized spacial score (nSPS) is 11.8. The number of carbonyl (C=O) groups excluding carboxylic acids is 1. The van der Waals surface area contributed by atoms with Crippen molar-refractivity contribution in [2.75, 3.05) is 17.7 Å². The molecule has 2 rings (SSSR count). The van der Waals surface area contributed by atoms with Crippen LogP contribution >= 0.6 is 0 Å². The van der Waals surface area contributed by atoms with Crippen LogP contribution in [0.4, 0.5) is 11.6 Å². The number of carbonyl (C=O) groups is 1. The van der Waals surface area contributed by atoms with E-state index >= 15 is 0 Å². The van der Waals surface area contributed by atoms with Gasteiger partial charge in [0.25, 0.3) is 0 Å². The van der Waals surface area contributed by atoms with E-state index in [1.807, 2.05) is 24.3 Å². The first-order valence-electron chi connectivity index (χ1n) is 6.23. The van der Waals surface area contributed by atoms with E-state index < -0.39 is 6.04 Å². The highest BCUT2D eigenvalue weighted by molar-refractivity contribution is 5.95. The molecular weight excluding hydrogens is 258 g/mol. The van der Waals surface area contributed by atoms with Gasteiger partial charge in [0.1, 0.15) is 11.8 Å². The van der Waals surface area contributed by atoms with Crippen LogP contribution in [0.1, 0.15) is 12.6 Å². The van der Waals surface area contributed by atoms with Crippen LogP contribution in [0.25, 0.3) is 0 Å². The highest BCUT2D eigenvalue weighted by atomic mass is 16.5. The third-order valence-corrected chi connectivity index (χ3v) is 2.74. The average molecular weight is 275 g/mol. The molecule has 6 nitrogen and oxygen atoms in total. The highest BCUT2D eigenvalue weighted by Crippen LogP contribution is 2.16. The van der Waals surface area contributed by atoms with Gasteiger partial charge in [-0.2, -0.15) is 0 Å². The lowest BCUT2D eigenvalue weighted by atomic mass is 10.2. The molecule has 1 aromatic heterocycles. The summed E-state index contributed by atoms with van der Waals surface area (Å²) in [4.78, 5) is 12.0. The molecule has 20 heavy (non-hydrogen) atoms. The minimum absolute atomic E-state index is 0.197. The van der Waals surface area contributed by atoms with Gasteiger partial charge < -0.3 is 14.6 Å². The topological polar surface area (TPSA) is 76.4 Å². The van der Waals surface area contributed by atoms with Crippen LogP contribution in [0.5, 0.6) is 5.75 Å². The summed E-state index contributed by atoms with van der Waals surface area (Å²) in [5, 5.41) is 9.45. The molecule has 1 aromatic carbocycles. The van der Waals surface area contributed by atoms with Gasteiger partial charge in [-0.15, -0.1) is 0 Å². The Morgan fingerprint density at radius 3 is 2.60 bits per heavy atom. The lowest BCUT2D eigenvalue weighted by Gasteiger charge is -2.14. The number of nitrogens with zero attached hydrogens (tertiary/aromatic N) is 1. The van der Waals surface area contributed by atoms with Crippen LogP contribution in [-0.4, -0.2) is 24.2 Å². The second-order valence-electron chi connectivity index (χ2n) is 4.42. The number of rotatable bonds is 5. The van der Waals surface area contributed by atoms with Crippen molar-refractivity contribution in [2.45, 2.75) is 19.9 Å². The highest BCUT2D eigenvalue weighted by Gasteiger charge is 2.14. The maximum absolute atomic E-state index is 12.0. The number of methoxy groups -OCH3 is 1. The van der Waals surface area contributed by atoms with Gasteiger partial charge >= 0.3 is 0 Å². The predicted octanol–water partition coefficient (Wildman–Crippen LogP) is 2.43. The monoisotopic (exact) mass is 275 g/mol. The summed E-state index contributed by atoms with van der Waals surface area (Å²) in [5.41, 5.74) is 1.55. The Hall–Kier alpha value is -2.50. The molecule has 1 heterocycles. The largest absolute Gasteiger partial charge is 0.497 e. The molecule has 0 fully saturated rings. The Labute approximate surface area is 117 Å². The molecule has 0 radical (unpaired) electrons. The minimum atomic E-state index is -0.409. The van der Waals surface area contributed by atoms with Gasteiger partial charge in [0.2, 0.25) is 11.8 Å². The molecule has 0 spiro atoms. The molecule has 0 aliphatic carbocycles. The third kappa shape index (κ3) is 3.50. The molecule has 1 unspecified atom stereocenters. The lowest BCUT2D eigenvalue weighted by Crippen LogP contribution is -2.31. The molecule has 6 heteroatoms. The molecule has 106 valence electrons. The number of benzene rings is 1. The van der Waals surface area contributed by atoms with E-state index in [2.05, 4.69) is 15.8 Å². The van der Waals surface area contributed by atoms with E-state index in [1.165, 1.54) is 0 Å². The second kappa shape index (κ2) is 6.10. The number of amides is 1. The van der Waals surface area contributed by atoms with Crippen LogP contribution in [0.3, 0.4) is 0 Å². The van der Waals surface area contributed by atoms with E-state index in [-0.39, 0.29) is 5.91 Å². The van der Waals surface area contributed by atoms with E-state index in [0.29, 0.717) is 5.88 Å². The van der Waals surface area contributed by atoms with Gasteiger partial charge in [-0.25, -0.2) is 0 Å². The molecule has 2 N–H and O–H groups in total. The van der Waals surface area contributed by atoms with Crippen molar-refractivity contribution in [1.82, 2.24) is 5.16 Å². The van der Waals surface area contributed by atoms with Gasteiger partial charge in [-0.1, -0.05) is 5.16 Å². The van der Waals surface area contributed by atoms with Crippen molar-refractivity contribution in [3.05, 3.63) is 36.0 Å². The molecule has 0 aliphatic rings. The summed E-state index contributed by atoms with van der Waals surface area (Å²) >= 11 is 0. The zero-order valence-electron chi connectivity index (χ0n) is 11.6. The number of aromatic nitrogens is 1. The summed E-state index contributed by atoms with van der Waals surface area (Å²) < 4.78 is 10.0. The van der Waals surface area contributed by atoms with Gasteiger partial charge in [0.15, 0.2) is 0 Å². The van der Waals surface area contributed by atoms with Gasteiger partial charge in [-0.05, 0) is 38.1 Å². The predicted molar refractivity (Wildman–Crippen MR) is 75.9 cm³/mol. The molecule has 0 saturated carbocycles. The fourth-order valence-electron chi connectivity index (χ4n) is 1.65. The van der Waals surface area contributed by atoms with Crippen LogP contribution in [-0.2, 0) is 4.79 Å². The molecule has 1 atom stereocenters. The summed E-state index contributed by atoms with van der Waals surface area (Å²) in [6.45, 7) is 3.56. The van der Waals surface area contributed by atoms with Crippen molar-refractivity contribution in [3.63, 3.8) is 0 Å². The minimum Gasteiger partial charge on any atom is -0.497 e. The molecule has 0 saturated heterocycles. The number of anilines is 2. The Morgan fingerprint density at radius 2 is 2.05 bits per heavy atom. The quantitative estimate of drug-likeness (QED) is 0.876. The van der Waals surface area contributed by atoms with Gasteiger partial charge in [0, 0.05) is 11.8 Å². The van der Waals surface area contributed by atoms with Gasteiger partial charge in [0.05, 0.1) is 12.8 Å². The lowest BCUT2D eigenvalue weighted by molar-refractivity contribution is -0.116. The SMILES string of the molecule is COc1ccc(NC(C)C(=O)Nc2cc(C)no2)cc1. The van der Waals surface area contributed by atoms with Crippen molar-refractivity contribution in [3.8, 4) is 5.75 Å². The maximum Gasteiger partial charge on any atom is 0.248 e. The standard InChI is InChI=1S/C14H17N3O3/c1-9-8-13(20-17-9)16-14(18)10(2)15-11-4-6-12(19-3)7-5-11/h4-8,10,15H,1-3H3,(H,16,18). The third-order valence-electron chi connectivity index (χ3n) is 2.74. The Bertz CT molecular complexity index is 578. The summed E-state index contributed by atoms with van der Waals surface area (Å²) in [6.07, 6.45) is 0. The summed E-state index contributed by atoms with van der Waals surface area (Å²) in [5.74, 6) is 0.914. The average Bonchev–Trinajstić information content (AvgIpc) is 2.85. The number of hydrogen-bond donors (Lipinski definition) is 2. The summed E-state index contributed by atoms with van der Waals surface area (Å²) in [6, 6.07) is 8.61. The number of ether oxygens (including phenoxy) is 1. The zero-order valence-corrected chi connectivity index (χ0v) is 11.6. The van der Waals surface area contributed by atoms with Crippen LogP contribution in [0.15, 0.2) is 34.9 Å². The Morgan fingerprint density at radius 1 is 1.35 bits per heavy atom. The van der Waals surface area contributed by atoms with Gasteiger partial charge in [-0.3, -0.25) is 10.1 Å². The zero-order chi connectivity index (χ0) is 14.5. The van der Waals surface area contributed by atoms with Crippen molar-refractivity contribution in [1.29, 1.82) is 0 Å². The van der Waals surface area contributed by atoms with Crippen molar-refractivity contribution < 1.29 is 14.1 Å². The fourth-order valence-corrected chi connectivity index (χ4v) is 1.65. The summed E-state index contributed by atoms with van der Waals surface area (Å²) in [7, 11) is 1.61. The van der Waals surface area contributed by atoms with Crippen molar-refractivity contribution >= 4 is 17.5 Å². The number of aryl methyl sites for hydroxylation is 1. The first-order valence-corrected chi connectivity index (χ1v) is 6.23. The van der Waals surface area contributed by atoms with E-state index in [1.54, 1.807) is 27.0 Å². The van der Waals surface area contributed by atoms with Crippen LogP contribution < -0.4 is 15.4 Å². The molecule has 0 bridgehead atoms. The Balaban J connectivity index is 1.92. The van der Waals surface area contributed by atoms with E-state index in [0.717, 1.165) is 17.1 Å². The molecular formula is C14H17N3O3. The number of nitrogens with one attached hydrogen (secondary N) is 2. The van der Waals surface area contributed by atoms with E-state index in [9.17, 15) is 4.79 Å². The molecule has 1 amide bonds. The smallest absolute Gasteiger partial charge is 0.248 e. The fraction of sp³-hybridized carbons (Fsp3) is 0.286. The van der Waals surface area contributed by atoms with Crippen LogP contribution in [0.2, 0.25) is 0 Å². The second-order valence-corrected chi connectivity index (χ2v) is 4.42. The van der Waals surface area contributed by atoms with Crippen LogP contribution in [0, 0.1) is 6.92 Å². The van der Waals surface area contributed by atoms with Crippen molar-refractivity contribution in [2.24, 2.45) is 0 Å². The maximum atomic E-state index is 12.0. The Kier molecular flexibility index (Phi) is 4.24. The van der Waals surface area contributed by atoms with E-state index in [4.69, 9.17) is 9.26 Å². The first-order chi connectivity index (χ1) is 9.58. The first kappa shape index (κ1) is 13.9. The molecule has 0 aliphatic heterocycles. The molecule has 2 aromatic rings.